The molecule has 4 fully saturated rings. The smallest absolute Gasteiger partial charge is 1.00 e. The van der Waals surface area contributed by atoms with Gasteiger partial charge in [0.25, 0.3) is 0 Å². The molecule has 1 unspecified atom stereocenters. The van der Waals surface area contributed by atoms with Crippen molar-refractivity contribution >= 4 is 14.4 Å². The van der Waals surface area contributed by atoms with Crippen LogP contribution in [0.15, 0.2) is 48.1 Å². The summed E-state index contributed by atoms with van der Waals surface area (Å²) in [5.74, 6) is 4.68. The Balaban J connectivity index is 0.000000171. The Bertz CT molecular complexity index is 1640. The van der Waals surface area contributed by atoms with E-state index in [-0.39, 0.29) is 35.6 Å². The molecular formula is C45H54Cl2Zr-2. The minimum absolute atomic E-state index is 0. The second-order valence-electron chi connectivity index (χ2n) is 17.5. The fourth-order valence-electron chi connectivity index (χ4n) is 10.8. The van der Waals surface area contributed by atoms with Crippen LogP contribution < -0.4 is 24.8 Å². The van der Waals surface area contributed by atoms with Crippen LogP contribution in [0.25, 0.3) is 22.3 Å². The van der Waals surface area contributed by atoms with E-state index in [0.717, 1.165) is 30.1 Å². The first kappa shape index (κ1) is 38.0. The molecule has 0 nitrogen and oxygen atoms in total. The number of hydrogen-bond donors (Lipinski definition) is 0. The summed E-state index contributed by atoms with van der Waals surface area (Å²) in [6.45, 7) is 22.8. The molecule has 4 saturated carbocycles. The van der Waals surface area contributed by atoms with Crippen molar-refractivity contribution in [1.82, 2.24) is 0 Å². The van der Waals surface area contributed by atoms with Gasteiger partial charge < -0.3 is 24.8 Å². The molecule has 8 aliphatic carbocycles. The average molecular weight is 757 g/mol. The van der Waals surface area contributed by atoms with Gasteiger partial charge in [-0.1, -0.05) is 83.4 Å². The second kappa shape index (κ2) is 13.4. The van der Waals surface area contributed by atoms with Gasteiger partial charge in [0, 0.05) is 5.41 Å². The second-order valence-corrected chi connectivity index (χ2v) is 20.0. The molecule has 48 heavy (non-hydrogen) atoms. The molecule has 2 aromatic carbocycles. The van der Waals surface area contributed by atoms with E-state index < -0.39 is 0 Å². The summed E-state index contributed by atoms with van der Waals surface area (Å²) in [5.41, 5.74) is 16.7. The standard InChI is InChI=1S/C25H25.C17H23.C3H6.2ClH.Zr/c1-14-12-24(3,4)22-8-16-7-17-9-23-19(15(2)13-25(23,5)6)11-21(17)20(16)10-18(14)22;1-11-3-4-14(5-11)17(2)15-7-12-6-13(9-15)10-16(17)8-12;1-3-2;;;/h8-12H,7H2,1-6H3;4-5,11-13,15-16H,6-10H2,1-2H3;1-2H3;2*1H;/q2*-1;;;;+2/p-2. The summed E-state index contributed by atoms with van der Waals surface area (Å²) in [4.78, 5) is 0. The maximum Gasteiger partial charge on any atom is -1.00 e. The Labute approximate surface area is 319 Å². The summed E-state index contributed by atoms with van der Waals surface area (Å²) >= 11 is 1.55. The molecular weight excluding hydrogens is 703 g/mol. The Hall–Kier alpha value is -1.27. The summed E-state index contributed by atoms with van der Waals surface area (Å²) in [5, 5.41) is 0. The Morgan fingerprint density at radius 2 is 1.27 bits per heavy atom. The van der Waals surface area contributed by atoms with Crippen LogP contribution in [0.2, 0.25) is 0 Å². The Morgan fingerprint density at radius 1 is 0.750 bits per heavy atom. The van der Waals surface area contributed by atoms with Gasteiger partial charge in [-0.25, -0.2) is 11.6 Å². The van der Waals surface area contributed by atoms with Crippen molar-refractivity contribution in [1.29, 1.82) is 0 Å². The van der Waals surface area contributed by atoms with Crippen LogP contribution in [0.5, 0.6) is 0 Å². The van der Waals surface area contributed by atoms with E-state index in [9.17, 15) is 0 Å². The third kappa shape index (κ3) is 6.39. The molecule has 2 aromatic rings. The molecule has 4 bridgehead atoms. The molecule has 0 spiro atoms. The number of rotatable bonds is 1. The van der Waals surface area contributed by atoms with Gasteiger partial charge in [0.05, 0.1) is 0 Å². The quantitative estimate of drug-likeness (QED) is 0.285. The van der Waals surface area contributed by atoms with Crippen LogP contribution in [0, 0.1) is 47.2 Å². The maximum absolute atomic E-state index is 3.65. The first-order valence-corrected chi connectivity index (χ1v) is 19.3. The molecule has 0 saturated heterocycles. The van der Waals surface area contributed by atoms with Crippen LogP contribution >= 0.6 is 0 Å². The molecule has 8 aliphatic rings. The van der Waals surface area contributed by atoms with Crippen molar-refractivity contribution in [3.63, 3.8) is 0 Å². The van der Waals surface area contributed by atoms with Gasteiger partial charge in [-0.05, 0) is 114 Å². The summed E-state index contributed by atoms with van der Waals surface area (Å²) in [7, 11) is 0. The van der Waals surface area contributed by atoms with E-state index in [2.05, 4.69) is 124 Å². The minimum Gasteiger partial charge on any atom is -1.00 e. The van der Waals surface area contributed by atoms with E-state index in [1.165, 1.54) is 84.5 Å². The van der Waals surface area contributed by atoms with Crippen molar-refractivity contribution in [2.45, 2.75) is 119 Å². The minimum atomic E-state index is 0. The fraction of sp³-hybridized carbons (Fsp3) is 0.533. The van der Waals surface area contributed by atoms with Gasteiger partial charge in [-0.15, -0.1) is 11.6 Å². The predicted molar refractivity (Wildman–Crippen MR) is 193 cm³/mol. The van der Waals surface area contributed by atoms with E-state index in [1.54, 1.807) is 36.2 Å². The van der Waals surface area contributed by atoms with Crippen molar-refractivity contribution in [3.05, 3.63) is 93.6 Å². The maximum atomic E-state index is 3.65. The predicted octanol–water partition coefficient (Wildman–Crippen LogP) is 5.59. The first-order chi connectivity index (χ1) is 21.6. The molecule has 1 atom stereocenters. The van der Waals surface area contributed by atoms with E-state index in [0.29, 0.717) is 11.3 Å². The van der Waals surface area contributed by atoms with Crippen molar-refractivity contribution in [2.24, 2.45) is 35.0 Å². The van der Waals surface area contributed by atoms with Gasteiger partial charge >= 0.3 is 41.3 Å². The fourth-order valence-corrected chi connectivity index (χ4v) is 10.8. The van der Waals surface area contributed by atoms with Gasteiger partial charge in [-0.2, -0.15) is 17.2 Å². The van der Waals surface area contributed by atoms with Gasteiger partial charge in [0.2, 0.25) is 0 Å². The van der Waals surface area contributed by atoms with E-state index in [4.69, 9.17) is 0 Å². The molecule has 10 rings (SSSR count). The van der Waals surface area contributed by atoms with E-state index >= 15 is 0 Å². The Morgan fingerprint density at radius 3 is 1.79 bits per heavy atom. The van der Waals surface area contributed by atoms with Crippen LogP contribution in [-0.2, 0) is 41.5 Å². The Kier molecular flexibility index (Phi) is 10.6. The largest absolute Gasteiger partial charge is 1.00 e. The monoisotopic (exact) mass is 754 g/mol. The number of allylic oxidation sites excluding steroid dienone is 8. The van der Waals surface area contributed by atoms with Gasteiger partial charge in [0.1, 0.15) is 0 Å². The van der Waals surface area contributed by atoms with Crippen LogP contribution in [0.3, 0.4) is 0 Å². The first-order valence-electron chi connectivity index (χ1n) is 18.1. The summed E-state index contributed by atoms with van der Waals surface area (Å²) in [6.07, 6.45) is 23.1. The summed E-state index contributed by atoms with van der Waals surface area (Å²) in [6, 6.07) is 9.81. The molecule has 0 radical (unpaired) electrons. The molecule has 0 heterocycles. The molecule has 0 aromatic heterocycles. The normalized spacial score (nSPS) is 30.9. The van der Waals surface area contributed by atoms with Gasteiger partial charge in [0.15, 0.2) is 0 Å². The molecule has 0 N–H and O–H groups in total. The number of halogens is 2. The van der Waals surface area contributed by atoms with Gasteiger partial charge in [-0.3, -0.25) is 12.2 Å². The summed E-state index contributed by atoms with van der Waals surface area (Å²) < 4.78 is 1.51. The molecule has 0 amide bonds. The van der Waals surface area contributed by atoms with Crippen LogP contribution in [0.4, 0.5) is 0 Å². The molecule has 254 valence electrons. The number of hydrogen-bond acceptors (Lipinski definition) is 0. The SMILES string of the molecule is CC1=[C-]C(C)(C)c2cc3c(cc21)-c1cc2c(cc1C3)C(C)(C)C=C2C.CC1[C-]=CC(C2(C)C3CC4CC(C3)CC2C4)=C1.C[C](C)=[Zr+2].[Cl-].[Cl-]. The third-order valence-electron chi connectivity index (χ3n) is 12.8. The number of benzene rings is 2. The zero-order valence-corrected chi connectivity index (χ0v) is 34.9. The number of fused-ring (bicyclic) bond motifs is 5. The molecule has 0 aliphatic heterocycles. The van der Waals surface area contributed by atoms with Crippen LogP contribution in [-0.4, -0.2) is 3.21 Å². The van der Waals surface area contributed by atoms with Crippen LogP contribution in [0.1, 0.15) is 135 Å². The van der Waals surface area contributed by atoms with E-state index in [1.807, 2.05) is 0 Å². The van der Waals surface area contributed by atoms with Crippen molar-refractivity contribution in [2.75, 3.05) is 0 Å². The average Bonchev–Trinajstić information content (AvgIpc) is 3.67. The molecule has 3 heteroatoms. The zero-order chi connectivity index (χ0) is 32.9. The van der Waals surface area contributed by atoms with Crippen molar-refractivity contribution < 1.29 is 49.0 Å². The third-order valence-corrected chi connectivity index (χ3v) is 12.8. The zero-order valence-electron chi connectivity index (χ0n) is 30.9. The van der Waals surface area contributed by atoms with Crippen molar-refractivity contribution in [3.8, 4) is 11.1 Å². The topological polar surface area (TPSA) is 0 Å².